The number of nitrogens with zero attached hydrogens (tertiary/aromatic N) is 3. The van der Waals surface area contributed by atoms with Gasteiger partial charge in [0.1, 0.15) is 29.1 Å². The van der Waals surface area contributed by atoms with Gasteiger partial charge in [0.2, 0.25) is 0 Å². The molecule has 0 saturated heterocycles. The highest BCUT2D eigenvalue weighted by Crippen LogP contribution is 2.38. The van der Waals surface area contributed by atoms with Gasteiger partial charge in [-0.1, -0.05) is 11.3 Å². The molecular formula is C31H29N3O8S. The highest BCUT2D eigenvalue weighted by Gasteiger charge is 2.35. The Bertz CT molecular complexity index is 1980. The van der Waals surface area contributed by atoms with Gasteiger partial charge in [0, 0.05) is 28.8 Å². The number of ether oxygens (including phenoxy) is 3. The summed E-state index contributed by atoms with van der Waals surface area (Å²) in [5.74, 6) is 1.18. The summed E-state index contributed by atoms with van der Waals surface area (Å²) in [7, 11) is 3.03. The van der Waals surface area contributed by atoms with Gasteiger partial charge in [-0.2, -0.15) is 0 Å². The molecule has 0 amide bonds. The molecule has 0 spiro atoms. The van der Waals surface area contributed by atoms with E-state index in [-0.39, 0.29) is 17.9 Å². The van der Waals surface area contributed by atoms with E-state index in [1.807, 2.05) is 6.07 Å². The predicted molar refractivity (Wildman–Crippen MR) is 160 cm³/mol. The van der Waals surface area contributed by atoms with Crippen molar-refractivity contribution in [2.45, 2.75) is 33.7 Å². The van der Waals surface area contributed by atoms with Crippen LogP contribution in [0.15, 0.2) is 67.9 Å². The fourth-order valence-electron chi connectivity index (χ4n) is 5.03. The predicted octanol–water partition coefficient (Wildman–Crippen LogP) is 4.60. The van der Waals surface area contributed by atoms with Crippen LogP contribution >= 0.6 is 11.3 Å². The molecule has 222 valence electrons. The van der Waals surface area contributed by atoms with Crippen LogP contribution in [-0.4, -0.2) is 36.3 Å². The average Bonchev–Trinajstić information content (AvgIpc) is 3.57. The lowest BCUT2D eigenvalue weighted by atomic mass is 9.95. The summed E-state index contributed by atoms with van der Waals surface area (Å²) in [6, 6.07) is 10.9. The molecule has 1 aliphatic heterocycles. The van der Waals surface area contributed by atoms with E-state index >= 15 is 0 Å². The number of carbonyl (C=O) groups excluding carboxylic acids is 1. The van der Waals surface area contributed by atoms with Gasteiger partial charge in [0.05, 0.1) is 41.6 Å². The minimum Gasteiger partial charge on any atom is -0.497 e. The van der Waals surface area contributed by atoms with Gasteiger partial charge in [-0.05, 0) is 69.7 Å². The molecule has 0 radical (unpaired) electrons. The van der Waals surface area contributed by atoms with E-state index in [1.165, 1.54) is 24.9 Å². The number of allylic oxidation sites excluding steroid dienone is 1. The number of aryl methyl sites for hydroxylation is 1. The summed E-state index contributed by atoms with van der Waals surface area (Å²) >= 11 is 1.15. The zero-order valence-corrected chi connectivity index (χ0v) is 25.2. The number of rotatable bonds is 8. The quantitative estimate of drug-likeness (QED) is 0.162. The van der Waals surface area contributed by atoms with E-state index in [9.17, 15) is 19.7 Å². The summed E-state index contributed by atoms with van der Waals surface area (Å²) in [6.45, 7) is 7.06. The molecule has 11 nitrogen and oxygen atoms in total. The second-order valence-corrected chi connectivity index (χ2v) is 10.8. The summed E-state index contributed by atoms with van der Waals surface area (Å²) < 4.78 is 24.2. The van der Waals surface area contributed by atoms with Crippen LogP contribution in [0.3, 0.4) is 0 Å². The van der Waals surface area contributed by atoms with E-state index in [4.69, 9.17) is 18.6 Å². The van der Waals surface area contributed by atoms with Crippen LogP contribution in [0, 0.1) is 24.0 Å². The van der Waals surface area contributed by atoms with Gasteiger partial charge < -0.3 is 18.6 Å². The molecule has 3 heterocycles. The maximum Gasteiger partial charge on any atom is 0.338 e. The molecule has 5 rings (SSSR count). The Hall–Kier alpha value is -4.97. The first-order valence-corrected chi connectivity index (χ1v) is 14.2. The fourth-order valence-corrected chi connectivity index (χ4v) is 6.05. The van der Waals surface area contributed by atoms with Crippen molar-refractivity contribution >= 4 is 29.1 Å². The molecule has 0 fully saturated rings. The van der Waals surface area contributed by atoms with Crippen molar-refractivity contribution in [2.24, 2.45) is 4.99 Å². The van der Waals surface area contributed by atoms with Crippen LogP contribution in [0.2, 0.25) is 0 Å². The lowest BCUT2D eigenvalue weighted by Gasteiger charge is -2.26. The zero-order chi connectivity index (χ0) is 31.0. The molecule has 1 aliphatic rings. The summed E-state index contributed by atoms with van der Waals surface area (Å²) in [5, 5.41) is 11.5. The van der Waals surface area contributed by atoms with Crippen LogP contribution in [-0.2, 0) is 9.53 Å². The van der Waals surface area contributed by atoms with Gasteiger partial charge >= 0.3 is 5.97 Å². The molecule has 4 aromatic rings. The third-order valence-corrected chi connectivity index (χ3v) is 8.25. The van der Waals surface area contributed by atoms with Gasteiger partial charge in [-0.15, -0.1) is 0 Å². The molecule has 0 saturated carbocycles. The number of fused-ring (bicyclic) bond motifs is 1. The van der Waals surface area contributed by atoms with Crippen molar-refractivity contribution < 1.29 is 28.3 Å². The van der Waals surface area contributed by atoms with E-state index in [0.717, 1.165) is 16.9 Å². The lowest BCUT2D eigenvalue weighted by molar-refractivity contribution is -0.385. The van der Waals surface area contributed by atoms with Crippen molar-refractivity contribution in [3.05, 3.63) is 106 Å². The number of hydrogen-bond acceptors (Lipinski definition) is 10. The first-order valence-electron chi connectivity index (χ1n) is 13.3. The van der Waals surface area contributed by atoms with Crippen LogP contribution < -0.4 is 24.4 Å². The van der Waals surface area contributed by atoms with E-state index in [1.54, 1.807) is 64.1 Å². The topological polar surface area (TPSA) is 135 Å². The van der Waals surface area contributed by atoms with Gasteiger partial charge in [0.25, 0.3) is 11.2 Å². The fraction of sp³-hybridized carbons (Fsp3) is 0.258. The Labute approximate surface area is 250 Å². The number of methoxy groups -OCH3 is 2. The third-order valence-electron chi connectivity index (χ3n) is 7.27. The smallest absolute Gasteiger partial charge is 0.338 e. The van der Waals surface area contributed by atoms with Crippen LogP contribution in [0.25, 0.3) is 17.4 Å². The Balaban J connectivity index is 1.67. The number of esters is 1. The number of furan rings is 1. The molecule has 0 bridgehead atoms. The van der Waals surface area contributed by atoms with Crippen LogP contribution in [0.5, 0.6) is 11.5 Å². The molecular weight excluding hydrogens is 574 g/mol. The molecule has 0 N–H and O–H groups in total. The number of carbonyl (C=O) groups is 1. The maximum absolute atomic E-state index is 14.0. The Kier molecular flexibility index (Phi) is 8.05. The lowest BCUT2D eigenvalue weighted by Crippen LogP contribution is -2.40. The van der Waals surface area contributed by atoms with E-state index in [2.05, 4.69) is 4.99 Å². The summed E-state index contributed by atoms with van der Waals surface area (Å²) in [4.78, 5) is 43.3. The number of nitro groups is 1. The molecule has 1 atom stereocenters. The first-order chi connectivity index (χ1) is 20.6. The number of hydrogen-bond donors (Lipinski definition) is 0. The number of nitro benzene ring substituents is 1. The van der Waals surface area contributed by atoms with Gasteiger partial charge in [0.15, 0.2) is 4.80 Å². The SMILES string of the molecule is CCOC(=O)C1=C(C)N=c2s/c(=C\c3ccc(-c4cc(C)c(C)c([N+](=O)[O-])c4)o3)c(=O)n2[C@@H]1c1cc(OC)ccc1OC. The molecule has 12 heteroatoms. The normalized spacial score (nSPS) is 14.7. The molecule has 2 aromatic heterocycles. The second-order valence-electron chi connectivity index (χ2n) is 9.81. The average molecular weight is 604 g/mol. The third kappa shape index (κ3) is 5.37. The van der Waals surface area contributed by atoms with E-state index < -0.39 is 22.5 Å². The molecule has 2 aromatic carbocycles. The van der Waals surface area contributed by atoms with Crippen molar-refractivity contribution in [2.75, 3.05) is 20.8 Å². The minimum atomic E-state index is -0.897. The number of benzene rings is 2. The van der Waals surface area contributed by atoms with Crippen molar-refractivity contribution in [1.29, 1.82) is 0 Å². The van der Waals surface area contributed by atoms with Gasteiger partial charge in [-0.3, -0.25) is 19.5 Å². The second kappa shape index (κ2) is 11.7. The van der Waals surface area contributed by atoms with Crippen LogP contribution in [0.1, 0.15) is 42.3 Å². The van der Waals surface area contributed by atoms with E-state index in [0.29, 0.717) is 54.7 Å². The zero-order valence-electron chi connectivity index (χ0n) is 24.4. The Morgan fingerprint density at radius 2 is 1.91 bits per heavy atom. The largest absolute Gasteiger partial charge is 0.497 e. The Morgan fingerprint density at radius 1 is 1.14 bits per heavy atom. The first kappa shape index (κ1) is 29.5. The monoisotopic (exact) mass is 603 g/mol. The minimum absolute atomic E-state index is 0.00186. The summed E-state index contributed by atoms with van der Waals surface area (Å²) in [5.41, 5.74) is 2.66. The van der Waals surface area contributed by atoms with Crippen molar-refractivity contribution in [3.63, 3.8) is 0 Å². The van der Waals surface area contributed by atoms with Crippen LogP contribution in [0.4, 0.5) is 5.69 Å². The summed E-state index contributed by atoms with van der Waals surface area (Å²) in [6.07, 6.45) is 1.59. The highest BCUT2D eigenvalue weighted by molar-refractivity contribution is 7.07. The van der Waals surface area contributed by atoms with Gasteiger partial charge in [-0.25, -0.2) is 9.79 Å². The molecule has 0 aliphatic carbocycles. The number of thiazole rings is 1. The molecule has 43 heavy (non-hydrogen) atoms. The van der Waals surface area contributed by atoms with Crippen molar-refractivity contribution in [1.82, 2.24) is 4.57 Å². The maximum atomic E-state index is 14.0. The Morgan fingerprint density at radius 3 is 2.58 bits per heavy atom. The molecule has 0 unspecified atom stereocenters. The van der Waals surface area contributed by atoms with Crippen molar-refractivity contribution in [3.8, 4) is 22.8 Å². The standard InChI is InChI=1S/C31H29N3O8S/c1-7-41-30(36)27-18(4)32-31-33(28(27)22-14-20(39-5)8-11-25(22)40-6)29(35)26(43-31)15-21-9-10-24(42-21)19-12-16(2)17(3)23(13-19)34(37)38/h8-15,28H,7H2,1-6H3/b26-15-/t28-/m1/s1. The number of aromatic nitrogens is 1. The highest BCUT2D eigenvalue weighted by atomic mass is 32.1.